The predicted octanol–water partition coefficient (Wildman–Crippen LogP) is 0.277. The van der Waals surface area contributed by atoms with Crippen molar-refractivity contribution in [1.29, 1.82) is 0 Å². The van der Waals surface area contributed by atoms with Crippen molar-refractivity contribution >= 4 is 5.91 Å². The van der Waals surface area contributed by atoms with Gasteiger partial charge in [0.2, 0.25) is 0 Å². The summed E-state index contributed by atoms with van der Waals surface area (Å²) in [6, 6.07) is 1.68. The summed E-state index contributed by atoms with van der Waals surface area (Å²) in [7, 11) is 1.74. The van der Waals surface area contributed by atoms with Crippen molar-refractivity contribution in [2.24, 2.45) is 12.8 Å². The van der Waals surface area contributed by atoms with Crippen LogP contribution < -0.4 is 11.1 Å². The van der Waals surface area contributed by atoms with Gasteiger partial charge in [-0.25, -0.2) is 0 Å². The molecule has 3 N–H and O–H groups in total. The van der Waals surface area contributed by atoms with E-state index in [1.54, 1.807) is 24.0 Å². The molecule has 0 radical (unpaired) electrons. The fraction of sp³-hybridized carbons (Fsp3) is 0.600. The first kappa shape index (κ1) is 11.7. The molecule has 1 aromatic rings. The quantitative estimate of drug-likeness (QED) is 0.749. The number of aromatic nitrogens is 2. The average molecular weight is 210 g/mol. The highest BCUT2D eigenvalue weighted by Gasteiger charge is 2.23. The Bertz CT molecular complexity index is 341. The Morgan fingerprint density at radius 1 is 1.73 bits per heavy atom. The van der Waals surface area contributed by atoms with Crippen LogP contribution in [-0.2, 0) is 7.05 Å². The molecule has 0 aliphatic rings. The largest absolute Gasteiger partial charge is 0.344 e. The van der Waals surface area contributed by atoms with Crippen molar-refractivity contribution in [2.45, 2.75) is 25.8 Å². The van der Waals surface area contributed by atoms with Crippen LogP contribution >= 0.6 is 0 Å². The molecule has 0 aliphatic heterocycles. The minimum Gasteiger partial charge on any atom is -0.344 e. The molecule has 0 aliphatic carbocycles. The second-order valence-corrected chi connectivity index (χ2v) is 3.91. The number of carbonyl (C=O) groups is 1. The van der Waals surface area contributed by atoms with Crippen molar-refractivity contribution in [3.63, 3.8) is 0 Å². The second-order valence-electron chi connectivity index (χ2n) is 3.91. The summed E-state index contributed by atoms with van der Waals surface area (Å²) < 4.78 is 1.54. The number of nitrogens with zero attached hydrogens (tertiary/aromatic N) is 2. The predicted molar refractivity (Wildman–Crippen MR) is 58.4 cm³/mol. The summed E-state index contributed by atoms with van der Waals surface area (Å²) in [5.74, 6) is -0.134. The molecule has 5 nitrogen and oxygen atoms in total. The summed E-state index contributed by atoms with van der Waals surface area (Å²) in [5, 5.41) is 6.86. The Morgan fingerprint density at radius 2 is 2.40 bits per heavy atom. The third-order valence-electron chi connectivity index (χ3n) is 2.70. The van der Waals surface area contributed by atoms with Crippen LogP contribution in [0.1, 0.15) is 30.8 Å². The SMILES string of the molecule is CCC(C)(CN)NC(=O)c1ccnn1C. The zero-order chi connectivity index (χ0) is 11.5. The molecule has 0 fully saturated rings. The van der Waals surface area contributed by atoms with Crippen molar-refractivity contribution in [2.75, 3.05) is 6.54 Å². The van der Waals surface area contributed by atoms with E-state index in [-0.39, 0.29) is 11.4 Å². The molecule has 1 atom stereocenters. The first-order valence-electron chi connectivity index (χ1n) is 5.03. The van der Waals surface area contributed by atoms with Gasteiger partial charge in [-0.1, -0.05) is 6.92 Å². The van der Waals surface area contributed by atoms with E-state index in [2.05, 4.69) is 10.4 Å². The van der Waals surface area contributed by atoms with Crippen LogP contribution in [0.4, 0.5) is 0 Å². The van der Waals surface area contributed by atoms with Crippen LogP contribution in [0.2, 0.25) is 0 Å². The summed E-state index contributed by atoms with van der Waals surface area (Å²) in [4.78, 5) is 11.8. The summed E-state index contributed by atoms with van der Waals surface area (Å²) in [6.45, 7) is 4.35. The first-order valence-corrected chi connectivity index (χ1v) is 5.03. The summed E-state index contributed by atoms with van der Waals surface area (Å²) in [5.41, 5.74) is 5.82. The Kier molecular flexibility index (Phi) is 3.47. The van der Waals surface area contributed by atoms with Gasteiger partial charge in [0.25, 0.3) is 5.91 Å². The van der Waals surface area contributed by atoms with E-state index < -0.39 is 0 Å². The molecule has 15 heavy (non-hydrogen) atoms. The van der Waals surface area contributed by atoms with Crippen LogP contribution in [0.15, 0.2) is 12.3 Å². The van der Waals surface area contributed by atoms with E-state index in [1.165, 1.54) is 0 Å². The van der Waals surface area contributed by atoms with Crippen LogP contribution in [0.3, 0.4) is 0 Å². The molecule has 1 heterocycles. The fourth-order valence-corrected chi connectivity index (χ4v) is 1.22. The molecular formula is C10H18N4O. The van der Waals surface area contributed by atoms with E-state index in [4.69, 9.17) is 5.73 Å². The molecule has 0 aromatic carbocycles. The first-order chi connectivity index (χ1) is 7.02. The number of hydrogen-bond acceptors (Lipinski definition) is 3. The van der Waals surface area contributed by atoms with E-state index in [1.807, 2.05) is 13.8 Å². The normalized spacial score (nSPS) is 14.7. The third kappa shape index (κ3) is 2.56. The van der Waals surface area contributed by atoms with E-state index >= 15 is 0 Å². The van der Waals surface area contributed by atoms with Gasteiger partial charge in [0.05, 0.1) is 0 Å². The number of amides is 1. The average Bonchev–Trinajstić information content (AvgIpc) is 2.64. The van der Waals surface area contributed by atoms with Gasteiger partial charge in [0.15, 0.2) is 0 Å². The number of rotatable bonds is 4. The molecule has 5 heteroatoms. The van der Waals surface area contributed by atoms with Crippen LogP contribution in [0.5, 0.6) is 0 Å². The van der Waals surface area contributed by atoms with Gasteiger partial charge in [-0.05, 0) is 19.4 Å². The monoisotopic (exact) mass is 210 g/mol. The number of nitrogens with two attached hydrogens (primary N) is 1. The second kappa shape index (κ2) is 4.44. The van der Waals surface area contributed by atoms with E-state index in [0.29, 0.717) is 12.2 Å². The Labute approximate surface area is 89.6 Å². The number of hydrogen-bond donors (Lipinski definition) is 2. The zero-order valence-corrected chi connectivity index (χ0v) is 9.45. The maximum atomic E-state index is 11.8. The maximum Gasteiger partial charge on any atom is 0.270 e. The minimum atomic E-state index is -0.346. The lowest BCUT2D eigenvalue weighted by Gasteiger charge is -2.27. The van der Waals surface area contributed by atoms with Crippen LogP contribution in [-0.4, -0.2) is 27.8 Å². The number of carbonyl (C=O) groups excluding carboxylic acids is 1. The highest BCUT2D eigenvalue weighted by molar-refractivity contribution is 5.92. The standard InChI is InChI=1S/C10H18N4O/c1-4-10(2,7-11)13-9(15)8-5-6-12-14(8)3/h5-6H,4,7,11H2,1-3H3,(H,13,15). The van der Waals surface area contributed by atoms with Crippen molar-refractivity contribution in [3.05, 3.63) is 18.0 Å². The van der Waals surface area contributed by atoms with Gasteiger partial charge >= 0.3 is 0 Å². The molecule has 84 valence electrons. The van der Waals surface area contributed by atoms with E-state index in [9.17, 15) is 4.79 Å². The zero-order valence-electron chi connectivity index (χ0n) is 9.45. The molecule has 0 bridgehead atoms. The number of aryl methyl sites for hydroxylation is 1. The Morgan fingerprint density at radius 3 is 2.80 bits per heavy atom. The van der Waals surface area contributed by atoms with E-state index in [0.717, 1.165) is 6.42 Å². The molecule has 1 unspecified atom stereocenters. The summed E-state index contributed by atoms with van der Waals surface area (Å²) >= 11 is 0. The fourth-order valence-electron chi connectivity index (χ4n) is 1.22. The molecule has 0 spiro atoms. The van der Waals surface area contributed by atoms with Gasteiger partial charge in [-0.3, -0.25) is 9.48 Å². The van der Waals surface area contributed by atoms with Gasteiger partial charge in [0.1, 0.15) is 5.69 Å². The van der Waals surface area contributed by atoms with Gasteiger partial charge in [-0.15, -0.1) is 0 Å². The summed E-state index contributed by atoms with van der Waals surface area (Å²) in [6.07, 6.45) is 2.40. The lowest BCUT2D eigenvalue weighted by atomic mass is 9.99. The van der Waals surface area contributed by atoms with Gasteiger partial charge in [-0.2, -0.15) is 5.10 Å². The topological polar surface area (TPSA) is 72.9 Å². The van der Waals surface area contributed by atoms with Crippen molar-refractivity contribution < 1.29 is 4.79 Å². The third-order valence-corrected chi connectivity index (χ3v) is 2.70. The molecular weight excluding hydrogens is 192 g/mol. The molecule has 0 saturated heterocycles. The lowest BCUT2D eigenvalue weighted by Crippen LogP contribution is -2.51. The minimum absolute atomic E-state index is 0.134. The smallest absolute Gasteiger partial charge is 0.270 e. The van der Waals surface area contributed by atoms with Gasteiger partial charge < -0.3 is 11.1 Å². The maximum absolute atomic E-state index is 11.8. The van der Waals surface area contributed by atoms with Gasteiger partial charge in [0, 0.05) is 25.3 Å². The number of nitrogens with one attached hydrogen (secondary N) is 1. The molecule has 0 saturated carbocycles. The Hall–Kier alpha value is -1.36. The van der Waals surface area contributed by atoms with Crippen molar-refractivity contribution in [3.8, 4) is 0 Å². The highest BCUT2D eigenvalue weighted by atomic mass is 16.2. The van der Waals surface area contributed by atoms with Crippen molar-refractivity contribution in [1.82, 2.24) is 15.1 Å². The molecule has 1 aromatic heterocycles. The lowest BCUT2D eigenvalue weighted by molar-refractivity contribution is 0.0897. The highest BCUT2D eigenvalue weighted by Crippen LogP contribution is 2.08. The molecule has 1 amide bonds. The van der Waals surface area contributed by atoms with Crippen LogP contribution in [0, 0.1) is 0 Å². The van der Waals surface area contributed by atoms with Crippen LogP contribution in [0.25, 0.3) is 0 Å². The Balaban J connectivity index is 2.76. The molecule has 1 rings (SSSR count).